The van der Waals surface area contributed by atoms with Crippen LogP contribution in [0.4, 0.5) is 17.5 Å². The van der Waals surface area contributed by atoms with E-state index in [0.717, 1.165) is 59.8 Å². The van der Waals surface area contributed by atoms with Gasteiger partial charge in [0.2, 0.25) is 5.95 Å². The molecule has 0 radical (unpaired) electrons. The number of nitrogens with zero attached hydrogens (tertiary/aromatic N) is 4. The zero-order chi connectivity index (χ0) is 20.5. The van der Waals surface area contributed by atoms with Crippen molar-refractivity contribution in [3.05, 3.63) is 76.5 Å². The molecule has 0 saturated carbocycles. The maximum atomic E-state index is 9.51. The highest BCUT2D eigenvalue weighted by Crippen LogP contribution is 2.39. The number of nitriles is 1. The third-order valence-electron chi connectivity index (χ3n) is 5.91. The Hall–Kier alpha value is -3.43. The largest absolute Gasteiger partial charge is 0.366 e. The van der Waals surface area contributed by atoms with Crippen molar-refractivity contribution in [2.24, 2.45) is 0 Å². The summed E-state index contributed by atoms with van der Waals surface area (Å²) in [5.41, 5.74) is 6.35. The van der Waals surface area contributed by atoms with Gasteiger partial charge < -0.3 is 15.5 Å². The van der Waals surface area contributed by atoms with Crippen LogP contribution in [0.3, 0.4) is 0 Å². The Balaban J connectivity index is 1.54. The standard InChI is InChI=1S/C24H24N6/c1-16-12-19-18(13-25)8-5-9-22(19)30(16)24-28-21-10-11-26-15-20(21)23(29-24)27-14-17-6-3-2-4-7-17/h2-9,16,26H,10-12,14-15H2,1H3,(H,27,28,29). The van der Waals surface area contributed by atoms with Gasteiger partial charge in [-0.25, -0.2) is 4.98 Å². The highest BCUT2D eigenvalue weighted by Gasteiger charge is 2.32. The summed E-state index contributed by atoms with van der Waals surface area (Å²) in [5.74, 6) is 1.61. The van der Waals surface area contributed by atoms with E-state index in [1.165, 1.54) is 5.56 Å². The molecule has 0 saturated heterocycles. The molecule has 5 rings (SSSR count). The minimum atomic E-state index is 0.205. The van der Waals surface area contributed by atoms with Crippen molar-refractivity contribution in [2.45, 2.75) is 38.9 Å². The van der Waals surface area contributed by atoms with Crippen molar-refractivity contribution in [1.29, 1.82) is 5.26 Å². The molecule has 6 heteroatoms. The van der Waals surface area contributed by atoms with E-state index in [-0.39, 0.29) is 6.04 Å². The van der Waals surface area contributed by atoms with Crippen LogP contribution in [-0.4, -0.2) is 22.6 Å². The molecule has 2 aliphatic heterocycles. The molecular formula is C24H24N6. The maximum absolute atomic E-state index is 9.51. The van der Waals surface area contributed by atoms with E-state index in [0.29, 0.717) is 12.5 Å². The van der Waals surface area contributed by atoms with Gasteiger partial charge in [0.1, 0.15) is 5.82 Å². The molecular weight excluding hydrogens is 372 g/mol. The minimum absolute atomic E-state index is 0.205. The Morgan fingerprint density at radius 2 is 2.00 bits per heavy atom. The molecule has 3 aromatic rings. The molecule has 2 aromatic carbocycles. The highest BCUT2D eigenvalue weighted by molar-refractivity contribution is 5.71. The molecule has 150 valence electrons. The monoisotopic (exact) mass is 396 g/mol. The van der Waals surface area contributed by atoms with E-state index in [2.05, 4.69) is 58.9 Å². The minimum Gasteiger partial charge on any atom is -0.366 e. The average molecular weight is 396 g/mol. The SMILES string of the molecule is CC1Cc2c(C#N)cccc2N1c1nc2c(c(NCc3ccccc3)n1)CNCC2. The lowest BCUT2D eigenvalue weighted by atomic mass is 10.0. The van der Waals surface area contributed by atoms with Crippen molar-refractivity contribution >= 4 is 17.5 Å². The first-order chi connectivity index (χ1) is 14.7. The van der Waals surface area contributed by atoms with Crippen LogP contribution in [0.2, 0.25) is 0 Å². The van der Waals surface area contributed by atoms with Gasteiger partial charge in [-0.3, -0.25) is 0 Å². The van der Waals surface area contributed by atoms with Crippen LogP contribution in [-0.2, 0) is 25.9 Å². The van der Waals surface area contributed by atoms with Crippen LogP contribution in [0, 0.1) is 11.3 Å². The van der Waals surface area contributed by atoms with Crippen molar-refractivity contribution in [1.82, 2.24) is 15.3 Å². The summed E-state index contributed by atoms with van der Waals surface area (Å²) in [6.45, 7) is 4.58. The second-order valence-electron chi connectivity index (χ2n) is 7.90. The zero-order valence-electron chi connectivity index (χ0n) is 17.0. The van der Waals surface area contributed by atoms with Gasteiger partial charge in [-0.1, -0.05) is 36.4 Å². The zero-order valence-corrected chi connectivity index (χ0v) is 17.0. The smallest absolute Gasteiger partial charge is 0.232 e. The molecule has 2 N–H and O–H groups in total. The number of benzene rings is 2. The molecule has 0 bridgehead atoms. The Bertz CT molecular complexity index is 1120. The van der Waals surface area contributed by atoms with Crippen LogP contribution in [0.25, 0.3) is 0 Å². The fourth-order valence-electron chi connectivity index (χ4n) is 4.41. The van der Waals surface area contributed by atoms with Crippen LogP contribution >= 0.6 is 0 Å². The molecule has 2 aliphatic rings. The number of nitrogens with one attached hydrogen (secondary N) is 2. The van der Waals surface area contributed by atoms with Crippen molar-refractivity contribution in [3.8, 4) is 6.07 Å². The van der Waals surface area contributed by atoms with Crippen molar-refractivity contribution < 1.29 is 0 Å². The molecule has 1 unspecified atom stereocenters. The molecule has 30 heavy (non-hydrogen) atoms. The van der Waals surface area contributed by atoms with Gasteiger partial charge in [-0.15, -0.1) is 0 Å². The first-order valence-electron chi connectivity index (χ1n) is 10.4. The maximum Gasteiger partial charge on any atom is 0.232 e. The molecule has 0 amide bonds. The van der Waals surface area contributed by atoms with Gasteiger partial charge in [-0.05, 0) is 36.6 Å². The van der Waals surface area contributed by atoms with Crippen LogP contribution in [0.5, 0.6) is 0 Å². The predicted molar refractivity (Wildman–Crippen MR) is 118 cm³/mol. The Kier molecular flexibility index (Phi) is 4.82. The second-order valence-corrected chi connectivity index (χ2v) is 7.90. The Morgan fingerprint density at radius 1 is 1.13 bits per heavy atom. The summed E-state index contributed by atoms with van der Waals surface area (Å²) in [6, 6.07) is 18.8. The lowest BCUT2D eigenvalue weighted by Crippen LogP contribution is -2.30. The van der Waals surface area contributed by atoms with Crippen LogP contribution < -0.4 is 15.5 Å². The van der Waals surface area contributed by atoms with E-state index >= 15 is 0 Å². The fraction of sp³-hybridized carbons (Fsp3) is 0.292. The summed E-state index contributed by atoms with van der Waals surface area (Å²) >= 11 is 0. The van der Waals surface area contributed by atoms with Gasteiger partial charge in [0.25, 0.3) is 0 Å². The molecule has 0 spiro atoms. The third-order valence-corrected chi connectivity index (χ3v) is 5.91. The summed E-state index contributed by atoms with van der Waals surface area (Å²) < 4.78 is 0. The quantitative estimate of drug-likeness (QED) is 0.700. The number of rotatable bonds is 4. The number of hydrogen-bond acceptors (Lipinski definition) is 6. The van der Waals surface area contributed by atoms with Gasteiger partial charge in [-0.2, -0.15) is 10.2 Å². The average Bonchev–Trinajstić information content (AvgIpc) is 3.13. The van der Waals surface area contributed by atoms with E-state index in [4.69, 9.17) is 9.97 Å². The lowest BCUT2D eigenvalue weighted by Gasteiger charge is -2.27. The normalized spacial score (nSPS) is 17.2. The fourth-order valence-corrected chi connectivity index (χ4v) is 4.41. The predicted octanol–water partition coefficient (Wildman–Crippen LogP) is 3.69. The molecule has 6 nitrogen and oxygen atoms in total. The van der Waals surface area contributed by atoms with Crippen LogP contribution in [0.1, 0.15) is 34.9 Å². The number of fused-ring (bicyclic) bond motifs is 2. The van der Waals surface area contributed by atoms with Gasteiger partial charge in [0, 0.05) is 43.3 Å². The summed E-state index contributed by atoms with van der Waals surface area (Å²) in [4.78, 5) is 12.1. The first-order valence-corrected chi connectivity index (χ1v) is 10.4. The van der Waals surface area contributed by atoms with Crippen molar-refractivity contribution in [2.75, 3.05) is 16.8 Å². The number of anilines is 3. The second kappa shape index (κ2) is 7.77. The lowest BCUT2D eigenvalue weighted by molar-refractivity contribution is 0.623. The molecule has 0 aliphatic carbocycles. The Morgan fingerprint density at radius 3 is 2.83 bits per heavy atom. The molecule has 1 atom stereocenters. The third kappa shape index (κ3) is 3.27. The number of aromatic nitrogens is 2. The van der Waals surface area contributed by atoms with E-state index in [1.54, 1.807) is 0 Å². The van der Waals surface area contributed by atoms with E-state index < -0.39 is 0 Å². The van der Waals surface area contributed by atoms with Crippen molar-refractivity contribution in [3.63, 3.8) is 0 Å². The Labute approximate surface area is 176 Å². The number of hydrogen-bond donors (Lipinski definition) is 2. The summed E-state index contributed by atoms with van der Waals surface area (Å²) in [7, 11) is 0. The van der Waals surface area contributed by atoms with E-state index in [1.807, 2.05) is 18.2 Å². The summed E-state index contributed by atoms with van der Waals surface area (Å²) in [5, 5.41) is 16.5. The molecule has 0 fully saturated rings. The van der Waals surface area contributed by atoms with Gasteiger partial charge in [0.05, 0.1) is 17.3 Å². The van der Waals surface area contributed by atoms with Crippen LogP contribution in [0.15, 0.2) is 48.5 Å². The molecule has 3 heterocycles. The topological polar surface area (TPSA) is 76.9 Å². The molecule has 1 aromatic heterocycles. The highest BCUT2D eigenvalue weighted by atomic mass is 15.3. The summed E-state index contributed by atoms with van der Waals surface area (Å²) in [6.07, 6.45) is 1.71. The van der Waals surface area contributed by atoms with Gasteiger partial charge >= 0.3 is 0 Å². The first kappa shape index (κ1) is 18.6. The van der Waals surface area contributed by atoms with E-state index in [9.17, 15) is 5.26 Å². The van der Waals surface area contributed by atoms with Gasteiger partial charge in [0.15, 0.2) is 0 Å².